The van der Waals surface area contributed by atoms with Crippen molar-refractivity contribution in [2.24, 2.45) is 0 Å². The van der Waals surface area contributed by atoms with Crippen LogP contribution in [0.2, 0.25) is 0 Å². The number of rotatable bonds is 4. The van der Waals surface area contributed by atoms with Crippen molar-refractivity contribution in [1.29, 1.82) is 0 Å². The van der Waals surface area contributed by atoms with Gasteiger partial charge in [0, 0.05) is 0 Å². The molecule has 0 aliphatic carbocycles. The molecule has 1 aromatic heterocycles. The van der Waals surface area contributed by atoms with Crippen molar-refractivity contribution in [1.82, 2.24) is 15.0 Å². The number of aromatic nitrogens is 3. The molecule has 0 aliphatic heterocycles. The Morgan fingerprint density at radius 3 is 2.42 bits per heavy atom. The van der Waals surface area contributed by atoms with Crippen LogP contribution in [0.4, 0.5) is 16.3 Å². The van der Waals surface area contributed by atoms with Crippen molar-refractivity contribution in [2.75, 3.05) is 11.1 Å². The first-order valence-corrected chi connectivity index (χ1v) is 6.03. The van der Waals surface area contributed by atoms with Crippen LogP contribution in [0.5, 0.6) is 0 Å². The Hall–Kier alpha value is -2.24. The lowest BCUT2D eigenvalue weighted by Gasteiger charge is -2.14. The van der Waals surface area contributed by atoms with Gasteiger partial charge >= 0.3 is 0 Å². The first-order valence-electron chi connectivity index (χ1n) is 6.03. The highest BCUT2D eigenvalue weighted by atomic mass is 19.1. The van der Waals surface area contributed by atoms with E-state index in [9.17, 15) is 4.39 Å². The Kier molecular flexibility index (Phi) is 3.89. The second-order valence-electron chi connectivity index (χ2n) is 4.27. The van der Waals surface area contributed by atoms with Gasteiger partial charge in [0.25, 0.3) is 0 Å². The number of nitrogen functional groups attached to an aromatic ring is 1. The lowest BCUT2D eigenvalue weighted by atomic mass is 10.1. The maximum atomic E-state index is 13.2. The van der Waals surface area contributed by atoms with E-state index in [1.54, 1.807) is 0 Å². The summed E-state index contributed by atoms with van der Waals surface area (Å²) >= 11 is 0. The zero-order valence-corrected chi connectivity index (χ0v) is 10.8. The highest BCUT2D eigenvalue weighted by Gasteiger charge is 2.12. The van der Waals surface area contributed by atoms with Gasteiger partial charge in [-0.3, -0.25) is 0 Å². The smallest absolute Gasteiger partial charge is 0.228 e. The van der Waals surface area contributed by atoms with Gasteiger partial charge in [-0.15, -0.1) is 0 Å². The van der Waals surface area contributed by atoms with Crippen molar-refractivity contribution >= 4 is 11.9 Å². The predicted octanol–water partition coefficient (Wildman–Crippen LogP) is 2.66. The lowest BCUT2D eigenvalue weighted by molar-refractivity contribution is 0.356. The van der Waals surface area contributed by atoms with Gasteiger partial charge in [-0.05, 0) is 19.4 Å². The number of benzene rings is 1. The Morgan fingerprint density at radius 2 is 1.79 bits per heavy atom. The SMILES string of the molecule is CC(F)c1nc(N)nc(NC(C)c2ccccc2)n1. The molecule has 1 heterocycles. The third-order valence-electron chi connectivity index (χ3n) is 2.67. The van der Waals surface area contributed by atoms with Crippen molar-refractivity contribution < 1.29 is 4.39 Å². The summed E-state index contributed by atoms with van der Waals surface area (Å²) in [6.07, 6.45) is -1.28. The summed E-state index contributed by atoms with van der Waals surface area (Å²) < 4.78 is 13.2. The Bertz CT molecular complexity index is 544. The van der Waals surface area contributed by atoms with Crippen LogP contribution in [0.3, 0.4) is 0 Å². The van der Waals surface area contributed by atoms with E-state index in [1.807, 2.05) is 37.3 Å². The van der Waals surface area contributed by atoms with Crippen LogP contribution in [0, 0.1) is 0 Å². The minimum Gasteiger partial charge on any atom is -0.368 e. The second kappa shape index (κ2) is 5.60. The largest absolute Gasteiger partial charge is 0.368 e. The van der Waals surface area contributed by atoms with Crippen LogP contribution in [0.1, 0.15) is 37.4 Å². The quantitative estimate of drug-likeness (QED) is 0.884. The van der Waals surface area contributed by atoms with Gasteiger partial charge in [-0.1, -0.05) is 30.3 Å². The lowest BCUT2D eigenvalue weighted by Crippen LogP contribution is -2.13. The van der Waals surface area contributed by atoms with E-state index >= 15 is 0 Å². The monoisotopic (exact) mass is 261 g/mol. The zero-order chi connectivity index (χ0) is 13.8. The summed E-state index contributed by atoms with van der Waals surface area (Å²) in [6.45, 7) is 3.33. The van der Waals surface area contributed by atoms with Crippen LogP contribution in [0.25, 0.3) is 0 Å². The minimum atomic E-state index is -1.28. The van der Waals surface area contributed by atoms with E-state index in [1.165, 1.54) is 6.92 Å². The van der Waals surface area contributed by atoms with E-state index < -0.39 is 6.17 Å². The van der Waals surface area contributed by atoms with Crippen LogP contribution >= 0.6 is 0 Å². The molecule has 100 valence electrons. The summed E-state index contributed by atoms with van der Waals surface area (Å²) in [5.74, 6) is 0.330. The molecule has 0 fully saturated rings. The summed E-state index contributed by atoms with van der Waals surface area (Å²) in [6, 6.07) is 9.81. The molecule has 5 nitrogen and oxygen atoms in total. The number of hydrogen-bond acceptors (Lipinski definition) is 5. The average Bonchev–Trinajstić information content (AvgIpc) is 2.39. The third kappa shape index (κ3) is 3.37. The fourth-order valence-electron chi connectivity index (χ4n) is 1.67. The molecule has 0 spiro atoms. The van der Waals surface area contributed by atoms with Gasteiger partial charge in [0.1, 0.15) is 0 Å². The molecular formula is C13H16FN5. The van der Waals surface area contributed by atoms with Crippen LogP contribution < -0.4 is 11.1 Å². The first kappa shape index (κ1) is 13.2. The Morgan fingerprint density at radius 1 is 1.11 bits per heavy atom. The maximum absolute atomic E-state index is 13.2. The van der Waals surface area contributed by atoms with Crippen molar-refractivity contribution in [2.45, 2.75) is 26.1 Å². The van der Waals surface area contributed by atoms with E-state index in [-0.39, 0.29) is 23.8 Å². The molecule has 0 amide bonds. The number of nitrogens with zero attached hydrogens (tertiary/aromatic N) is 3. The second-order valence-corrected chi connectivity index (χ2v) is 4.27. The normalized spacial score (nSPS) is 13.8. The fraction of sp³-hybridized carbons (Fsp3) is 0.308. The Balaban J connectivity index is 2.19. The molecule has 0 saturated carbocycles. The van der Waals surface area contributed by atoms with Crippen LogP contribution in [-0.2, 0) is 0 Å². The summed E-state index contributed by atoms with van der Waals surface area (Å²) in [5.41, 5.74) is 6.62. The molecular weight excluding hydrogens is 245 g/mol. The highest BCUT2D eigenvalue weighted by molar-refractivity contribution is 5.35. The van der Waals surface area contributed by atoms with Gasteiger partial charge in [0.05, 0.1) is 6.04 Å². The summed E-state index contributed by atoms with van der Waals surface area (Å²) in [7, 11) is 0. The number of nitrogens with one attached hydrogen (secondary N) is 1. The molecule has 2 atom stereocenters. The molecule has 2 unspecified atom stereocenters. The predicted molar refractivity (Wildman–Crippen MR) is 72.2 cm³/mol. The van der Waals surface area contributed by atoms with Gasteiger partial charge in [0.15, 0.2) is 12.0 Å². The van der Waals surface area contributed by atoms with E-state index in [4.69, 9.17) is 5.73 Å². The average molecular weight is 261 g/mol. The maximum Gasteiger partial charge on any atom is 0.228 e. The number of alkyl halides is 1. The van der Waals surface area contributed by atoms with Crippen molar-refractivity contribution in [3.05, 3.63) is 41.7 Å². The molecule has 2 rings (SSSR count). The molecule has 0 aliphatic rings. The summed E-state index contributed by atoms with van der Waals surface area (Å²) in [4.78, 5) is 11.7. The van der Waals surface area contributed by atoms with Crippen molar-refractivity contribution in [3.8, 4) is 0 Å². The zero-order valence-electron chi connectivity index (χ0n) is 10.8. The topological polar surface area (TPSA) is 76.7 Å². The number of nitrogens with two attached hydrogens (primary N) is 1. The number of hydrogen-bond donors (Lipinski definition) is 2. The summed E-state index contributed by atoms with van der Waals surface area (Å²) in [5, 5.41) is 3.09. The van der Waals surface area contributed by atoms with Crippen LogP contribution in [-0.4, -0.2) is 15.0 Å². The molecule has 0 bridgehead atoms. The van der Waals surface area contributed by atoms with E-state index in [0.29, 0.717) is 0 Å². The number of halogens is 1. The van der Waals surface area contributed by atoms with E-state index in [0.717, 1.165) is 5.56 Å². The van der Waals surface area contributed by atoms with Gasteiger partial charge < -0.3 is 11.1 Å². The van der Waals surface area contributed by atoms with Crippen molar-refractivity contribution in [3.63, 3.8) is 0 Å². The molecule has 0 saturated heterocycles. The molecule has 19 heavy (non-hydrogen) atoms. The first-order chi connectivity index (χ1) is 9.06. The highest BCUT2D eigenvalue weighted by Crippen LogP contribution is 2.19. The fourth-order valence-corrected chi connectivity index (χ4v) is 1.67. The van der Waals surface area contributed by atoms with E-state index in [2.05, 4.69) is 20.3 Å². The van der Waals surface area contributed by atoms with Gasteiger partial charge in [0.2, 0.25) is 11.9 Å². The standard InChI is InChI=1S/C13H16FN5/c1-8(14)11-17-12(15)19-13(18-11)16-9(2)10-6-4-3-5-7-10/h3-9H,1-2H3,(H3,15,16,17,18,19). The molecule has 1 aromatic carbocycles. The van der Waals surface area contributed by atoms with Gasteiger partial charge in [-0.2, -0.15) is 15.0 Å². The minimum absolute atomic E-state index is 0.00855. The molecule has 3 N–H and O–H groups in total. The molecule has 6 heteroatoms. The third-order valence-corrected chi connectivity index (χ3v) is 2.67. The molecule has 0 radical (unpaired) electrons. The Labute approximate surface area is 111 Å². The molecule has 2 aromatic rings. The van der Waals surface area contributed by atoms with Gasteiger partial charge in [-0.25, -0.2) is 4.39 Å². The number of anilines is 2. The van der Waals surface area contributed by atoms with Crippen LogP contribution in [0.15, 0.2) is 30.3 Å².